The van der Waals surface area contributed by atoms with Gasteiger partial charge in [-0.25, -0.2) is 0 Å². The highest BCUT2D eigenvalue weighted by Crippen LogP contribution is 2.68. The number of aliphatic carboxylic acids is 1. The monoisotopic (exact) mass is 392 g/mol. The maximum Gasteiger partial charge on any atom is 0.303 e. The molecule has 3 N–H and O–H groups in total. The van der Waals surface area contributed by atoms with Crippen molar-refractivity contribution in [2.45, 2.75) is 97.2 Å². The Hall–Kier alpha value is -0.610. The standard InChI is InChI=1S/C24H40O4/c1-14(4-9-21(26)27)16-7-8-17-15-5-6-19-22(28)20(25)11-13-24(19,3)18(15)10-12-23(16,17)2/h14-20,22,25,28H,4-13H2,1-3H3,(H,26,27)/t14-,15?,16?,17?,18?,19-,20+,22+,23-,24-/m1/s1. The number of hydrogen-bond acceptors (Lipinski definition) is 3. The fourth-order valence-electron chi connectivity index (χ4n) is 8.84. The van der Waals surface area contributed by atoms with Gasteiger partial charge in [-0.3, -0.25) is 4.79 Å². The SMILES string of the molecule is C[C@H](CCC(=O)O)C1CCC2C3CC[C@@H]4[C@H](O)[C@@H](O)CC[C@]4(C)C3CC[C@@]21C. The first kappa shape index (κ1) is 20.7. The molecule has 10 atom stereocenters. The minimum absolute atomic E-state index is 0.176. The molecule has 0 saturated heterocycles. The summed E-state index contributed by atoms with van der Waals surface area (Å²) in [6.45, 7) is 7.20. The number of aliphatic hydroxyl groups excluding tert-OH is 2. The van der Waals surface area contributed by atoms with E-state index in [0.29, 0.717) is 29.6 Å². The van der Waals surface area contributed by atoms with Gasteiger partial charge in [0.15, 0.2) is 0 Å². The van der Waals surface area contributed by atoms with Crippen LogP contribution in [0.15, 0.2) is 0 Å². The molecule has 4 fully saturated rings. The van der Waals surface area contributed by atoms with E-state index in [0.717, 1.165) is 37.5 Å². The minimum Gasteiger partial charge on any atom is -0.481 e. The van der Waals surface area contributed by atoms with E-state index in [1.54, 1.807) is 0 Å². The Kier molecular flexibility index (Phi) is 5.36. The summed E-state index contributed by atoms with van der Waals surface area (Å²) in [6.07, 6.45) is 9.13. The Morgan fingerprint density at radius 3 is 2.29 bits per heavy atom. The zero-order valence-electron chi connectivity index (χ0n) is 17.9. The van der Waals surface area contributed by atoms with E-state index in [1.165, 1.54) is 32.1 Å². The molecule has 0 spiro atoms. The highest BCUT2D eigenvalue weighted by Gasteiger charge is 2.61. The van der Waals surface area contributed by atoms with Gasteiger partial charge >= 0.3 is 5.97 Å². The summed E-state index contributed by atoms with van der Waals surface area (Å²) in [5.74, 6) is 2.92. The zero-order chi connectivity index (χ0) is 20.3. The first-order chi connectivity index (χ1) is 13.2. The lowest BCUT2D eigenvalue weighted by Crippen LogP contribution is -2.58. The Bertz CT molecular complexity index is 605. The molecule has 0 aromatic carbocycles. The summed E-state index contributed by atoms with van der Waals surface area (Å²) >= 11 is 0. The van der Waals surface area contributed by atoms with E-state index in [2.05, 4.69) is 20.8 Å². The third-order valence-corrected chi connectivity index (χ3v) is 10.3. The first-order valence-corrected chi connectivity index (χ1v) is 11.8. The maximum absolute atomic E-state index is 11.0. The molecule has 4 unspecified atom stereocenters. The summed E-state index contributed by atoms with van der Waals surface area (Å²) in [6, 6.07) is 0. The average Bonchev–Trinajstić information content (AvgIpc) is 3.00. The normalized spacial score (nSPS) is 51.7. The molecule has 4 saturated carbocycles. The van der Waals surface area contributed by atoms with Crippen LogP contribution >= 0.6 is 0 Å². The summed E-state index contributed by atoms with van der Waals surface area (Å²) in [5.41, 5.74) is 0.533. The van der Waals surface area contributed by atoms with Crippen LogP contribution in [0.5, 0.6) is 0 Å². The van der Waals surface area contributed by atoms with Crippen LogP contribution in [-0.2, 0) is 4.79 Å². The van der Waals surface area contributed by atoms with E-state index >= 15 is 0 Å². The molecule has 0 aromatic rings. The molecule has 0 heterocycles. The molecule has 0 aliphatic heterocycles. The molecule has 4 heteroatoms. The molecule has 0 amide bonds. The second-order valence-electron chi connectivity index (χ2n) is 11.3. The fourth-order valence-corrected chi connectivity index (χ4v) is 8.84. The summed E-state index contributed by atoms with van der Waals surface area (Å²) in [4.78, 5) is 11.0. The van der Waals surface area contributed by atoms with Crippen molar-refractivity contribution in [3.63, 3.8) is 0 Å². The number of rotatable bonds is 4. The summed E-state index contributed by atoms with van der Waals surface area (Å²) in [5, 5.41) is 30.0. The summed E-state index contributed by atoms with van der Waals surface area (Å²) < 4.78 is 0. The number of hydrogen-bond donors (Lipinski definition) is 3. The quantitative estimate of drug-likeness (QED) is 0.659. The van der Waals surface area contributed by atoms with Gasteiger partial charge in [-0.05, 0) is 104 Å². The third-order valence-electron chi connectivity index (χ3n) is 10.3. The van der Waals surface area contributed by atoms with Gasteiger partial charge in [0.2, 0.25) is 0 Å². The van der Waals surface area contributed by atoms with Crippen molar-refractivity contribution in [3.05, 3.63) is 0 Å². The molecular weight excluding hydrogens is 352 g/mol. The van der Waals surface area contributed by atoms with E-state index < -0.39 is 18.2 Å². The maximum atomic E-state index is 11.0. The van der Waals surface area contributed by atoms with Crippen LogP contribution in [0.2, 0.25) is 0 Å². The van der Waals surface area contributed by atoms with Crippen molar-refractivity contribution in [1.29, 1.82) is 0 Å². The molecule has 4 aliphatic rings. The second kappa shape index (κ2) is 7.27. The van der Waals surface area contributed by atoms with Crippen molar-refractivity contribution >= 4 is 5.97 Å². The zero-order valence-corrected chi connectivity index (χ0v) is 17.9. The molecule has 28 heavy (non-hydrogen) atoms. The predicted octanol–water partition coefficient (Wildman–Crippen LogP) is 4.48. The van der Waals surface area contributed by atoms with Crippen molar-refractivity contribution in [2.75, 3.05) is 0 Å². The Balaban J connectivity index is 1.53. The highest BCUT2D eigenvalue weighted by atomic mass is 16.4. The number of carboxylic acid groups (broad SMARTS) is 1. The second-order valence-corrected chi connectivity index (χ2v) is 11.3. The van der Waals surface area contributed by atoms with Crippen LogP contribution in [-0.4, -0.2) is 33.5 Å². The smallest absolute Gasteiger partial charge is 0.303 e. The number of fused-ring (bicyclic) bond motifs is 5. The van der Waals surface area contributed by atoms with Gasteiger partial charge in [-0.15, -0.1) is 0 Å². The highest BCUT2D eigenvalue weighted by molar-refractivity contribution is 5.66. The van der Waals surface area contributed by atoms with E-state index in [4.69, 9.17) is 5.11 Å². The van der Waals surface area contributed by atoms with Crippen molar-refractivity contribution in [2.24, 2.45) is 46.3 Å². The minimum atomic E-state index is -0.667. The van der Waals surface area contributed by atoms with E-state index in [1.807, 2.05) is 0 Å². The van der Waals surface area contributed by atoms with Crippen LogP contribution in [0.4, 0.5) is 0 Å². The van der Waals surface area contributed by atoms with Crippen LogP contribution in [0.25, 0.3) is 0 Å². The van der Waals surface area contributed by atoms with Crippen LogP contribution < -0.4 is 0 Å². The fraction of sp³-hybridized carbons (Fsp3) is 0.958. The van der Waals surface area contributed by atoms with Crippen molar-refractivity contribution in [1.82, 2.24) is 0 Å². The molecule has 0 radical (unpaired) electrons. The lowest BCUT2D eigenvalue weighted by Gasteiger charge is -2.62. The number of carbonyl (C=O) groups is 1. The number of carboxylic acids is 1. The van der Waals surface area contributed by atoms with Crippen LogP contribution in [0.1, 0.15) is 85.0 Å². The topological polar surface area (TPSA) is 77.8 Å². The lowest BCUT2D eigenvalue weighted by molar-refractivity contribution is -0.174. The molecule has 4 aliphatic carbocycles. The van der Waals surface area contributed by atoms with Gasteiger partial charge in [0.25, 0.3) is 0 Å². The largest absolute Gasteiger partial charge is 0.481 e. The van der Waals surface area contributed by atoms with Gasteiger partial charge in [-0.2, -0.15) is 0 Å². The van der Waals surface area contributed by atoms with Gasteiger partial charge in [0.05, 0.1) is 12.2 Å². The molecular formula is C24H40O4. The number of aliphatic hydroxyl groups is 2. The van der Waals surface area contributed by atoms with E-state index in [-0.39, 0.29) is 11.3 Å². The Morgan fingerprint density at radius 2 is 1.57 bits per heavy atom. The van der Waals surface area contributed by atoms with Gasteiger partial charge in [-0.1, -0.05) is 20.8 Å². The van der Waals surface area contributed by atoms with Gasteiger partial charge in [0.1, 0.15) is 0 Å². The Labute approximate surface area is 170 Å². The van der Waals surface area contributed by atoms with E-state index in [9.17, 15) is 15.0 Å². The lowest BCUT2D eigenvalue weighted by atomic mass is 9.44. The third kappa shape index (κ3) is 3.05. The van der Waals surface area contributed by atoms with Crippen LogP contribution in [0, 0.1) is 46.3 Å². The molecule has 160 valence electrons. The van der Waals surface area contributed by atoms with Gasteiger partial charge in [0, 0.05) is 6.42 Å². The molecule has 0 aromatic heterocycles. The molecule has 0 bridgehead atoms. The van der Waals surface area contributed by atoms with Crippen molar-refractivity contribution in [3.8, 4) is 0 Å². The molecule has 4 nitrogen and oxygen atoms in total. The van der Waals surface area contributed by atoms with Crippen molar-refractivity contribution < 1.29 is 20.1 Å². The van der Waals surface area contributed by atoms with Gasteiger partial charge < -0.3 is 15.3 Å². The summed E-state index contributed by atoms with van der Waals surface area (Å²) in [7, 11) is 0. The average molecular weight is 393 g/mol. The first-order valence-electron chi connectivity index (χ1n) is 11.8. The van der Waals surface area contributed by atoms with Crippen LogP contribution in [0.3, 0.4) is 0 Å². The Morgan fingerprint density at radius 1 is 0.929 bits per heavy atom. The molecule has 4 rings (SSSR count). The predicted molar refractivity (Wildman–Crippen MR) is 109 cm³/mol.